The van der Waals surface area contributed by atoms with E-state index in [1.807, 2.05) is 0 Å². The van der Waals surface area contributed by atoms with Crippen LogP contribution in [0.3, 0.4) is 0 Å². The van der Waals surface area contributed by atoms with E-state index < -0.39 is 46.6 Å². The molecule has 2 amide bonds. The molecule has 31 heavy (non-hydrogen) atoms. The number of thiazole rings is 1. The first-order valence-corrected chi connectivity index (χ1v) is 10.6. The number of fused-ring (bicyclic) bond motifs is 5. The van der Waals surface area contributed by atoms with E-state index in [0.29, 0.717) is 6.42 Å². The molecule has 2 unspecified atom stereocenters. The van der Waals surface area contributed by atoms with Crippen LogP contribution in [0.1, 0.15) is 25.8 Å². The predicted octanol–water partition coefficient (Wildman–Crippen LogP) is 3.90. The normalized spacial score (nSPS) is 34.6. The smallest absolute Gasteiger partial charge is 0.378 e. The van der Waals surface area contributed by atoms with Gasteiger partial charge in [0.05, 0.1) is 34.8 Å². The number of benzene rings is 1. The van der Waals surface area contributed by atoms with E-state index >= 15 is 0 Å². The van der Waals surface area contributed by atoms with Gasteiger partial charge in [0, 0.05) is 30.7 Å². The van der Waals surface area contributed by atoms with Crippen molar-refractivity contribution in [2.45, 2.75) is 43.8 Å². The van der Waals surface area contributed by atoms with Gasteiger partial charge >= 0.3 is 6.18 Å². The fraction of sp³-hybridized carbons (Fsp3) is 0.476. The van der Waals surface area contributed by atoms with Crippen molar-refractivity contribution < 1.29 is 32.2 Å². The topological polar surface area (TPSA) is 68.7 Å². The van der Waals surface area contributed by atoms with E-state index in [-0.39, 0.29) is 22.4 Å². The van der Waals surface area contributed by atoms with Crippen LogP contribution in [0.15, 0.2) is 29.8 Å². The lowest BCUT2D eigenvalue weighted by Gasteiger charge is -2.34. The van der Waals surface area contributed by atoms with E-state index in [1.54, 1.807) is 19.2 Å². The lowest BCUT2D eigenvalue weighted by atomic mass is 9.67. The van der Waals surface area contributed by atoms with Gasteiger partial charge < -0.3 is 9.47 Å². The second-order valence-electron chi connectivity index (χ2n) is 8.56. The van der Waals surface area contributed by atoms with Crippen LogP contribution >= 0.6 is 11.3 Å². The average molecular weight is 452 g/mol. The molecule has 10 heteroatoms. The van der Waals surface area contributed by atoms with Gasteiger partial charge in [-0.15, -0.1) is 11.3 Å². The highest BCUT2D eigenvalue weighted by atomic mass is 32.1. The Morgan fingerprint density at radius 1 is 1.23 bits per heavy atom. The molecule has 3 aliphatic heterocycles. The first-order chi connectivity index (χ1) is 14.5. The molecule has 164 valence electrons. The maximum Gasteiger partial charge on any atom is 0.417 e. The van der Waals surface area contributed by atoms with Gasteiger partial charge in [-0.05, 0) is 32.0 Å². The fourth-order valence-electron chi connectivity index (χ4n) is 5.52. The number of amides is 2. The number of imide groups is 1. The third kappa shape index (κ3) is 2.68. The van der Waals surface area contributed by atoms with E-state index in [9.17, 15) is 22.8 Å². The molecular weight excluding hydrogens is 433 g/mol. The third-order valence-electron chi connectivity index (χ3n) is 6.78. The SMILES string of the molecule is CO[C@H]1CC2(C)OC1(C)[C@@H]1C(=O)N(c3ccc(-c4nccs4)c(C(F)(F)F)c3)C(=O)[C@@H]12. The summed E-state index contributed by atoms with van der Waals surface area (Å²) in [7, 11) is 1.52. The number of nitrogens with zero attached hydrogens (tertiary/aromatic N) is 2. The highest BCUT2D eigenvalue weighted by molar-refractivity contribution is 7.13. The van der Waals surface area contributed by atoms with Crippen LogP contribution in [0.2, 0.25) is 0 Å². The van der Waals surface area contributed by atoms with Crippen LogP contribution in [0.5, 0.6) is 0 Å². The Bertz CT molecular complexity index is 1090. The molecule has 6 nitrogen and oxygen atoms in total. The number of alkyl halides is 3. The van der Waals surface area contributed by atoms with Gasteiger partial charge in [0.2, 0.25) is 11.8 Å². The van der Waals surface area contributed by atoms with E-state index in [2.05, 4.69) is 4.98 Å². The number of aromatic nitrogens is 1. The third-order valence-corrected chi connectivity index (χ3v) is 7.59. The Kier molecular flexibility index (Phi) is 4.23. The molecular formula is C21H19F3N2O4S. The summed E-state index contributed by atoms with van der Waals surface area (Å²) in [6.45, 7) is 3.49. The Balaban J connectivity index is 1.59. The molecule has 0 N–H and O–H groups in total. The molecule has 3 aliphatic rings. The van der Waals surface area contributed by atoms with Gasteiger partial charge in [-0.25, -0.2) is 9.88 Å². The minimum Gasteiger partial charge on any atom is -0.378 e. The van der Waals surface area contributed by atoms with Gasteiger partial charge in [0.1, 0.15) is 10.6 Å². The van der Waals surface area contributed by atoms with Crippen LogP contribution in [0, 0.1) is 11.8 Å². The summed E-state index contributed by atoms with van der Waals surface area (Å²) in [6, 6.07) is 3.48. The summed E-state index contributed by atoms with van der Waals surface area (Å²) >= 11 is 1.08. The number of anilines is 1. The monoisotopic (exact) mass is 452 g/mol. The molecule has 1 aromatic heterocycles. The zero-order chi connectivity index (χ0) is 22.3. The summed E-state index contributed by atoms with van der Waals surface area (Å²) in [6.07, 6.45) is -3.20. The molecule has 3 fully saturated rings. The number of carbonyl (C=O) groups excluding carboxylic acids is 2. The molecule has 0 radical (unpaired) electrons. The molecule has 0 spiro atoms. The van der Waals surface area contributed by atoms with Crippen molar-refractivity contribution in [3.05, 3.63) is 35.3 Å². The molecule has 0 saturated carbocycles. The highest BCUT2D eigenvalue weighted by Crippen LogP contribution is 2.61. The summed E-state index contributed by atoms with van der Waals surface area (Å²) in [5, 5.41) is 1.80. The standard InChI is InChI=1S/C21H19F3N2O4S/c1-19-9-13(29-3)20(2,30-19)15-14(19)17(27)26(18(15)28)10-4-5-11(16-25-6-7-31-16)12(8-10)21(22,23)24/h4-8,13-15H,9H2,1-3H3/t13-,14+,15-,19?,20?/m0/s1. The van der Waals surface area contributed by atoms with E-state index in [0.717, 1.165) is 22.3 Å². The van der Waals surface area contributed by atoms with Crippen molar-refractivity contribution in [2.24, 2.45) is 11.8 Å². The van der Waals surface area contributed by atoms with E-state index in [4.69, 9.17) is 9.47 Å². The molecule has 0 aliphatic carbocycles. The first-order valence-electron chi connectivity index (χ1n) is 9.73. The quantitative estimate of drug-likeness (QED) is 0.661. The Morgan fingerprint density at radius 2 is 1.94 bits per heavy atom. The van der Waals surface area contributed by atoms with Gasteiger partial charge in [-0.2, -0.15) is 13.2 Å². The van der Waals surface area contributed by atoms with Crippen molar-refractivity contribution in [3.8, 4) is 10.6 Å². The van der Waals surface area contributed by atoms with Crippen LogP contribution < -0.4 is 4.90 Å². The fourth-order valence-corrected chi connectivity index (χ4v) is 6.19. The molecule has 3 saturated heterocycles. The van der Waals surface area contributed by atoms with Crippen molar-refractivity contribution in [3.63, 3.8) is 0 Å². The maximum absolute atomic E-state index is 13.8. The Morgan fingerprint density at radius 3 is 2.55 bits per heavy atom. The molecule has 2 bridgehead atoms. The summed E-state index contributed by atoms with van der Waals surface area (Å²) in [5.41, 5.74) is -3.05. The van der Waals surface area contributed by atoms with Crippen molar-refractivity contribution >= 4 is 28.8 Å². The summed E-state index contributed by atoms with van der Waals surface area (Å²) < 4.78 is 53.1. The van der Waals surface area contributed by atoms with Gasteiger partial charge in [0.15, 0.2) is 0 Å². The molecule has 1 aromatic carbocycles. The molecule has 5 atom stereocenters. The minimum absolute atomic E-state index is 0.0905. The number of halogens is 3. The Hall–Kier alpha value is -2.30. The lowest BCUT2D eigenvalue weighted by molar-refractivity contribution is -0.137. The number of ether oxygens (including phenoxy) is 2. The van der Waals surface area contributed by atoms with Crippen molar-refractivity contribution in [1.29, 1.82) is 0 Å². The minimum atomic E-state index is -4.68. The zero-order valence-corrected chi connectivity index (χ0v) is 17.7. The largest absolute Gasteiger partial charge is 0.417 e. The second-order valence-corrected chi connectivity index (χ2v) is 9.45. The second kappa shape index (κ2) is 6.36. The van der Waals surface area contributed by atoms with Gasteiger partial charge in [0.25, 0.3) is 0 Å². The van der Waals surface area contributed by atoms with Gasteiger partial charge in [-0.1, -0.05) is 0 Å². The van der Waals surface area contributed by atoms with E-state index in [1.165, 1.54) is 25.4 Å². The van der Waals surface area contributed by atoms with Crippen molar-refractivity contribution in [2.75, 3.05) is 12.0 Å². The van der Waals surface area contributed by atoms with Crippen LogP contribution in [-0.2, 0) is 25.2 Å². The maximum atomic E-state index is 13.8. The predicted molar refractivity (Wildman–Crippen MR) is 105 cm³/mol. The number of rotatable bonds is 3. The number of hydrogen-bond acceptors (Lipinski definition) is 6. The molecule has 4 heterocycles. The average Bonchev–Trinajstić information content (AvgIpc) is 3.41. The summed E-state index contributed by atoms with van der Waals surface area (Å²) in [5.74, 6) is -2.66. The number of carbonyl (C=O) groups is 2. The van der Waals surface area contributed by atoms with Crippen molar-refractivity contribution in [1.82, 2.24) is 4.98 Å². The lowest BCUT2D eigenvalue weighted by Crippen LogP contribution is -2.49. The first kappa shape index (κ1) is 20.6. The highest BCUT2D eigenvalue weighted by Gasteiger charge is 2.76. The molecule has 2 aromatic rings. The van der Waals surface area contributed by atoms with Crippen LogP contribution in [0.4, 0.5) is 18.9 Å². The molecule has 5 rings (SSSR count). The Labute approximate surface area is 180 Å². The number of hydrogen-bond donors (Lipinski definition) is 0. The van der Waals surface area contributed by atoms with Crippen LogP contribution in [-0.4, -0.2) is 41.2 Å². The van der Waals surface area contributed by atoms with Crippen LogP contribution in [0.25, 0.3) is 10.6 Å². The van der Waals surface area contributed by atoms with Gasteiger partial charge in [-0.3, -0.25) is 9.59 Å². The number of methoxy groups -OCH3 is 1. The zero-order valence-electron chi connectivity index (χ0n) is 16.9. The summed E-state index contributed by atoms with van der Waals surface area (Å²) in [4.78, 5) is 31.5.